The van der Waals surface area contributed by atoms with Crippen molar-refractivity contribution in [2.75, 3.05) is 18.4 Å². The van der Waals surface area contributed by atoms with E-state index in [2.05, 4.69) is 10.6 Å². The van der Waals surface area contributed by atoms with E-state index in [-0.39, 0.29) is 16.5 Å². The Morgan fingerprint density at radius 3 is 2.89 bits per heavy atom. The molecule has 0 spiro atoms. The van der Waals surface area contributed by atoms with Crippen LogP contribution in [0.5, 0.6) is 0 Å². The number of halogens is 1. The van der Waals surface area contributed by atoms with Crippen LogP contribution in [-0.2, 0) is 4.79 Å². The SMILES string of the molecule is NC(=O)c1cc(NC(=O)CC2CCNC2)ccc1Cl. The lowest BCUT2D eigenvalue weighted by Crippen LogP contribution is -2.19. The van der Waals surface area contributed by atoms with E-state index in [0.29, 0.717) is 18.0 Å². The van der Waals surface area contributed by atoms with Gasteiger partial charge in [0.2, 0.25) is 11.8 Å². The summed E-state index contributed by atoms with van der Waals surface area (Å²) in [6, 6.07) is 4.70. The molecule has 6 heteroatoms. The van der Waals surface area contributed by atoms with Crippen molar-refractivity contribution in [1.29, 1.82) is 0 Å². The molecule has 1 aromatic rings. The highest BCUT2D eigenvalue weighted by Crippen LogP contribution is 2.21. The molecular formula is C13H16ClN3O2. The Hall–Kier alpha value is -1.59. The Bertz CT molecular complexity index is 499. The second-order valence-electron chi connectivity index (χ2n) is 4.67. The molecule has 1 saturated heterocycles. The molecule has 0 aromatic heterocycles. The first-order chi connectivity index (χ1) is 9.06. The highest BCUT2D eigenvalue weighted by Gasteiger charge is 2.18. The fraction of sp³-hybridized carbons (Fsp3) is 0.385. The van der Waals surface area contributed by atoms with Crippen molar-refractivity contribution < 1.29 is 9.59 Å². The van der Waals surface area contributed by atoms with Crippen molar-refractivity contribution in [2.45, 2.75) is 12.8 Å². The summed E-state index contributed by atoms with van der Waals surface area (Å²) >= 11 is 5.84. The van der Waals surface area contributed by atoms with Crippen LogP contribution in [-0.4, -0.2) is 24.9 Å². The summed E-state index contributed by atoms with van der Waals surface area (Å²) in [5.74, 6) is -0.296. The van der Waals surface area contributed by atoms with Gasteiger partial charge in [-0.25, -0.2) is 0 Å². The van der Waals surface area contributed by atoms with Crippen molar-refractivity contribution in [1.82, 2.24) is 5.32 Å². The number of carbonyl (C=O) groups excluding carboxylic acids is 2. The normalized spacial score (nSPS) is 18.3. The predicted octanol–water partition coefficient (Wildman–Crippen LogP) is 1.38. The van der Waals surface area contributed by atoms with E-state index in [0.717, 1.165) is 19.5 Å². The molecule has 4 N–H and O–H groups in total. The van der Waals surface area contributed by atoms with Crippen LogP contribution in [0.3, 0.4) is 0 Å². The average molecular weight is 282 g/mol. The third-order valence-corrected chi connectivity index (χ3v) is 3.48. The van der Waals surface area contributed by atoms with Gasteiger partial charge in [0, 0.05) is 12.1 Å². The molecule has 1 atom stereocenters. The van der Waals surface area contributed by atoms with Crippen LogP contribution in [0.15, 0.2) is 18.2 Å². The average Bonchev–Trinajstić information content (AvgIpc) is 2.84. The third kappa shape index (κ3) is 3.68. The van der Waals surface area contributed by atoms with Gasteiger partial charge in [-0.3, -0.25) is 9.59 Å². The van der Waals surface area contributed by atoms with Crippen molar-refractivity contribution in [3.05, 3.63) is 28.8 Å². The highest BCUT2D eigenvalue weighted by atomic mass is 35.5. The van der Waals surface area contributed by atoms with E-state index in [1.807, 2.05) is 0 Å². The number of benzene rings is 1. The first-order valence-electron chi connectivity index (χ1n) is 6.16. The standard InChI is InChI=1S/C13H16ClN3O2/c14-11-2-1-9(6-10(11)13(15)19)17-12(18)5-8-3-4-16-7-8/h1-2,6,8,16H,3-5,7H2,(H2,15,19)(H,17,18). The summed E-state index contributed by atoms with van der Waals surface area (Å²) < 4.78 is 0. The highest BCUT2D eigenvalue weighted by molar-refractivity contribution is 6.33. The maximum atomic E-state index is 11.8. The molecule has 1 unspecified atom stereocenters. The van der Waals surface area contributed by atoms with Gasteiger partial charge < -0.3 is 16.4 Å². The van der Waals surface area contributed by atoms with Gasteiger partial charge in [-0.2, -0.15) is 0 Å². The Morgan fingerprint density at radius 1 is 1.47 bits per heavy atom. The molecule has 2 amide bonds. The maximum absolute atomic E-state index is 11.8. The molecule has 0 aliphatic carbocycles. The van der Waals surface area contributed by atoms with Gasteiger partial charge in [-0.05, 0) is 43.6 Å². The summed E-state index contributed by atoms with van der Waals surface area (Å²) in [7, 11) is 0. The molecule has 5 nitrogen and oxygen atoms in total. The number of carbonyl (C=O) groups is 2. The summed E-state index contributed by atoms with van der Waals surface area (Å²) in [5, 5.41) is 6.26. The van der Waals surface area contributed by atoms with Crippen LogP contribution in [0.4, 0.5) is 5.69 Å². The summed E-state index contributed by atoms with van der Waals surface area (Å²) in [6.45, 7) is 1.84. The van der Waals surface area contributed by atoms with Crippen LogP contribution in [0.1, 0.15) is 23.2 Å². The van der Waals surface area contributed by atoms with E-state index in [4.69, 9.17) is 17.3 Å². The fourth-order valence-corrected chi connectivity index (χ4v) is 2.37. The molecule has 2 rings (SSSR count). The molecule has 0 bridgehead atoms. The molecule has 0 saturated carbocycles. The minimum Gasteiger partial charge on any atom is -0.366 e. The number of rotatable bonds is 4. The van der Waals surface area contributed by atoms with E-state index in [1.54, 1.807) is 12.1 Å². The maximum Gasteiger partial charge on any atom is 0.250 e. The second-order valence-corrected chi connectivity index (χ2v) is 5.08. The van der Waals surface area contributed by atoms with Crippen molar-refractivity contribution in [3.63, 3.8) is 0 Å². The lowest BCUT2D eigenvalue weighted by molar-refractivity contribution is -0.116. The zero-order chi connectivity index (χ0) is 13.8. The lowest BCUT2D eigenvalue weighted by Gasteiger charge is -2.10. The third-order valence-electron chi connectivity index (χ3n) is 3.15. The van der Waals surface area contributed by atoms with E-state index < -0.39 is 5.91 Å². The van der Waals surface area contributed by atoms with Gasteiger partial charge in [-0.1, -0.05) is 11.6 Å². The Labute approximate surface area is 116 Å². The predicted molar refractivity (Wildman–Crippen MR) is 74.2 cm³/mol. The van der Waals surface area contributed by atoms with Crippen LogP contribution in [0.25, 0.3) is 0 Å². The largest absolute Gasteiger partial charge is 0.366 e. The monoisotopic (exact) mass is 281 g/mol. The zero-order valence-electron chi connectivity index (χ0n) is 10.4. The van der Waals surface area contributed by atoms with Gasteiger partial charge in [0.1, 0.15) is 0 Å². The van der Waals surface area contributed by atoms with E-state index in [1.165, 1.54) is 6.07 Å². The number of nitrogens with one attached hydrogen (secondary N) is 2. The first-order valence-corrected chi connectivity index (χ1v) is 6.54. The lowest BCUT2D eigenvalue weighted by atomic mass is 10.0. The number of amides is 2. The van der Waals surface area contributed by atoms with Gasteiger partial charge >= 0.3 is 0 Å². The number of anilines is 1. The quantitative estimate of drug-likeness (QED) is 0.779. The van der Waals surface area contributed by atoms with Gasteiger partial charge in [-0.15, -0.1) is 0 Å². The second kappa shape index (κ2) is 6.04. The minimum atomic E-state index is -0.610. The topological polar surface area (TPSA) is 84.2 Å². The van der Waals surface area contributed by atoms with Crippen molar-refractivity contribution >= 4 is 29.1 Å². The molecule has 1 aromatic carbocycles. The number of primary amides is 1. The molecular weight excluding hydrogens is 266 g/mol. The molecule has 1 fully saturated rings. The Kier molecular flexibility index (Phi) is 4.39. The number of nitrogens with two attached hydrogens (primary N) is 1. The van der Waals surface area contributed by atoms with Gasteiger partial charge in [0.15, 0.2) is 0 Å². The smallest absolute Gasteiger partial charge is 0.250 e. The molecule has 1 heterocycles. The molecule has 1 aliphatic rings. The van der Waals surface area contributed by atoms with Gasteiger partial charge in [0.05, 0.1) is 10.6 Å². The molecule has 19 heavy (non-hydrogen) atoms. The van der Waals surface area contributed by atoms with Crippen LogP contribution in [0.2, 0.25) is 5.02 Å². The van der Waals surface area contributed by atoms with Crippen LogP contribution in [0, 0.1) is 5.92 Å². The van der Waals surface area contributed by atoms with Gasteiger partial charge in [0.25, 0.3) is 0 Å². The van der Waals surface area contributed by atoms with Crippen molar-refractivity contribution in [3.8, 4) is 0 Å². The molecule has 1 aliphatic heterocycles. The van der Waals surface area contributed by atoms with Crippen LogP contribution >= 0.6 is 11.6 Å². The number of hydrogen-bond acceptors (Lipinski definition) is 3. The fourth-order valence-electron chi connectivity index (χ4n) is 2.15. The van der Waals surface area contributed by atoms with E-state index in [9.17, 15) is 9.59 Å². The first kappa shape index (κ1) is 13.8. The Balaban J connectivity index is 2.00. The summed E-state index contributed by atoms with van der Waals surface area (Å²) in [6.07, 6.45) is 1.49. The van der Waals surface area contributed by atoms with Crippen molar-refractivity contribution in [2.24, 2.45) is 11.7 Å². The molecule has 102 valence electrons. The van der Waals surface area contributed by atoms with Crippen LogP contribution < -0.4 is 16.4 Å². The minimum absolute atomic E-state index is 0.0635. The van der Waals surface area contributed by atoms with E-state index >= 15 is 0 Å². The summed E-state index contributed by atoms with van der Waals surface area (Å²) in [5.41, 5.74) is 5.95. The summed E-state index contributed by atoms with van der Waals surface area (Å²) in [4.78, 5) is 23.0. The zero-order valence-corrected chi connectivity index (χ0v) is 11.2. The number of hydrogen-bond donors (Lipinski definition) is 3. The molecule has 0 radical (unpaired) electrons. The Morgan fingerprint density at radius 2 is 2.26 bits per heavy atom.